The molecule has 0 radical (unpaired) electrons. The van der Waals surface area contributed by atoms with Gasteiger partial charge in [0.15, 0.2) is 0 Å². The molecule has 2 nitrogen and oxygen atoms in total. The molecule has 34 heavy (non-hydrogen) atoms. The zero-order valence-electron chi connectivity index (χ0n) is 21.0. The average Bonchev–Trinajstić information content (AvgIpc) is 3.36. The zero-order chi connectivity index (χ0) is 24.3. The lowest BCUT2D eigenvalue weighted by Gasteiger charge is -2.19. The van der Waals surface area contributed by atoms with Gasteiger partial charge in [0, 0.05) is 23.5 Å². The molecule has 0 amide bonds. The molecule has 1 heterocycles. The van der Waals surface area contributed by atoms with Crippen molar-refractivity contribution >= 4 is 0 Å². The summed E-state index contributed by atoms with van der Waals surface area (Å²) >= 11 is 0. The van der Waals surface area contributed by atoms with Gasteiger partial charge in [-0.1, -0.05) is 95.5 Å². The minimum atomic E-state index is -0.196. The molecule has 0 bridgehead atoms. The molecule has 4 aromatic rings. The fraction of sp³-hybridized carbons (Fsp3) is 0.323. The van der Waals surface area contributed by atoms with Gasteiger partial charge in [-0.25, -0.2) is 9.37 Å². The summed E-state index contributed by atoms with van der Waals surface area (Å²) in [5.41, 5.74) is 5.37. The van der Waals surface area contributed by atoms with Crippen LogP contribution in [0.4, 0.5) is 4.39 Å². The summed E-state index contributed by atoms with van der Waals surface area (Å²) in [7, 11) is 0. The second-order valence-electron chi connectivity index (χ2n) is 8.60. The molecule has 0 fully saturated rings. The number of hydrogen-bond donors (Lipinski definition) is 0. The first-order valence-electron chi connectivity index (χ1n) is 12.6. The molecule has 178 valence electrons. The van der Waals surface area contributed by atoms with Crippen LogP contribution in [-0.4, -0.2) is 9.55 Å². The Morgan fingerprint density at radius 2 is 1.47 bits per heavy atom. The number of benzene rings is 3. The molecule has 3 heteroatoms. The Kier molecular flexibility index (Phi) is 9.63. The van der Waals surface area contributed by atoms with E-state index in [1.807, 2.05) is 42.7 Å². The van der Waals surface area contributed by atoms with Crippen LogP contribution in [0.15, 0.2) is 85.2 Å². The second-order valence-corrected chi connectivity index (χ2v) is 8.60. The maximum Gasteiger partial charge on any atom is 0.144 e. The number of imidazole rings is 1. The van der Waals surface area contributed by atoms with Gasteiger partial charge in [-0.05, 0) is 54.2 Å². The summed E-state index contributed by atoms with van der Waals surface area (Å²) in [5, 5.41) is 0. The van der Waals surface area contributed by atoms with Crippen molar-refractivity contribution in [3.05, 3.63) is 96.6 Å². The first kappa shape index (κ1) is 25.4. The Bertz CT molecular complexity index is 1140. The SMILES string of the molecule is CCC(CC)c1cc(F)ccc1-c1nccn1-c1ccccc1-c1ccccc1.CCCCC. The third-order valence-electron chi connectivity index (χ3n) is 6.28. The van der Waals surface area contributed by atoms with Crippen molar-refractivity contribution < 1.29 is 4.39 Å². The van der Waals surface area contributed by atoms with Gasteiger partial charge < -0.3 is 0 Å². The van der Waals surface area contributed by atoms with E-state index in [9.17, 15) is 4.39 Å². The predicted octanol–water partition coefficient (Wildman–Crippen LogP) is 9.45. The van der Waals surface area contributed by atoms with Crippen molar-refractivity contribution in [2.45, 2.75) is 65.7 Å². The molecule has 3 aromatic carbocycles. The number of halogens is 1. The van der Waals surface area contributed by atoms with Crippen LogP contribution < -0.4 is 0 Å². The van der Waals surface area contributed by atoms with Crippen molar-refractivity contribution in [1.82, 2.24) is 9.55 Å². The quantitative estimate of drug-likeness (QED) is 0.258. The number of para-hydroxylation sites is 1. The molecule has 0 saturated heterocycles. The Morgan fingerprint density at radius 1 is 0.794 bits per heavy atom. The van der Waals surface area contributed by atoms with Crippen LogP contribution in [0.5, 0.6) is 0 Å². The highest BCUT2D eigenvalue weighted by molar-refractivity contribution is 5.75. The third kappa shape index (κ3) is 6.02. The summed E-state index contributed by atoms with van der Waals surface area (Å²) in [6.07, 6.45) is 9.81. The number of aromatic nitrogens is 2. The van der Waals surface area contributed by atoms with Gasteiger partial charge >= 0.3 is 0 Å². The molecule has 0 aliphatic heterocycles. The lowest BCUT2D eigenvalue weighted by molar-refractivity contribution is 0.606. The van der Waals surface area contributed by atoms with Crippen LogP contribution in [0.3, 0.4) is 0 Å². The third-order valence-corrected chi connectivity index (χ3v) is 6.28. The topological polar surface area (TPSA) is 17.8 Å². The van der Waals surface area contributed by atoms with Gasteiger partial charge in [-0.2, -0.15) is 0 Å². The van der Waals surface area contributed by atoms with Crippen molar-refractivity contribution in [3.8, 4) is 28.2 Å². The van der Waals surface area contributed by atoms with E-state index in [1.165, 1.54) is 25.3 Å². The number of hydrogen-bond acceptors (Lipinski definition) is 1. The van der Waals surface area contributed by atoms with E-state index in [0.29, 0.717) is 5.92 Å². The van der Waals surface area contributed by atoms with E-state index in [-0.39, 0.29) is 5.82 Å². The minimum absolute atomic E-state index is 0.196. The highest BCUT2D eigenvalue weighted by atomic mass is 19.1. The molecular weight excluding hydrogens is 419 g/mol. The van der Waals surface area contributed by atoms with Crippen LogP contribution >= 0.6 is 0 Å². The number of unbranched alkanes of at least 4 members (excludes halogenated alkanes) is 2. The summed E-state index contributed by atoms with van der Waals surface area (Å²) in [5.74, 6) is 0.948. The van der Waals surface area contributed by atoms with E-state index >= 15 is 0 Å². The van der Waals surface area contributed by atoms with Gasteiger partial charge in [-0.3, -0.25) is 4.57 Å². The van der Waals surface area contributed by atoms with Gasteiger partial charge in [0.1, 0.15) is 11.6 Å². The Morgan fingerprint density at radius 3 is 2.12 bits per heavy atom. The summed E-state index contributed by atoms with van der Waals surface area (Å²) in [6, 6.07) is 23.7. The average molecular weight is 457 g/mol. The fourth-order valence-electron chi connectivity index (χ4n) is 4.40. The summed E-state index contributed by atoms with van der Waals surface area (Å²) < 4.78 is 16.2. The predicted molar refractivity (Wildman–Crippen MR) is 143 cm³/mol. The van der Waals surface area contributed by atoms with Gasteiger partial charge in [0.05, 0.1) is 5.69 Å². The molecule has 0 saturated carbocycles. The summed E-state index contributed by atoms with van der Waals surface area (Å²) in [4.78, 5) is 4.68. The normalized spacial score (nSPS) is 10.8. The maximum atomic E-state index is 14.1. The van der Waals surface area contributed by atoms with Gasteiger partial charge in [0.2, 0.25) is 0 Å². The molecule has 4 rings (SSSR count). The highest BCUT2D eigenvalue weighted by Gasteiger charge is 2.19. The maximum absolute atomic E-state index is 14.1. The van der Waals surface area contributed by atoms with Crippen LogP contribution in [0, 0.1) is 5.82 Å². The molecule has 0 aliphatic rings. The van der Waals surface area contributed by atoms with Crippen LogP contribution in [0.2, 0.25) is 0 Å². The van der Waals surface area contributed by atoms with Gasteiger partial charge in [-0.15, -0.1) is 0 Å². The van der Waals surface area contributed by atoms with E-state index in [4.69, 9.17) is 0 Å². The smallest absolute Gasteiger partial charge is 0.144 e. The monoisotopic (exact) mass is 456 g/mol. The first-order chi connectivity index (χ1) is 16.6. The Labute approximate surface area is 204 Å². The number of rotatable bonds is 8. The molecule has 0 spiro atoms. The Balaban J connectivity index is 0.000000588. The molecule has 1 aromatic heterocycles. The van der Waals surface area contributed by atoms with Crippen LogP contribution in [0.25, 0.3) is 28.2 Å². The fourth-order valence-corrected chi connectivity index (χ4v) is 4.40. The lowest BCUT2D eigenvalue weighted by atomic mass is 9.89. The van der Waals surface area contributed by atoms with Crippen LogP contribution in [-0.2, 0) is 0 Å². The van der Waals surface area contributed by atoms with Crippen molar-refractivity contribution in [2.24, 2.45) is 0 Å². The standard InChI is InChI=1S/C26H25FN2.C5H12/c1-3-19(4-2)24-18-21(27)14-15-23(24)26-28-16-17-29(26)25-13-9-8-12-22(25)20-10-6-5-7-11-20;1-3-5-4-2/h5-19H,3-4H2,1-2H3;3-5H2,1-2H3. The van der Waals surface area contributed by atoms with E-state index in [2.05, 4.69) is 67.6 Å². The van der Waals surface area contributed by atoms with Crippen LogP contribution in [0.1, 0.15) is 71.3 Å². The zero-order valence-corrected chi connectivity index (χ0v) is 21.0. The van der Waals surface area contributed by atoms with E-state index < -0.39 is 0 Å². The second kappa shape index (κ2) is 12.9. The summed E-state index contributed by atoms with van der Waals surface area (Å²) in [6.45, 7) is 8.73. The molecule has 0 unspecified atom stereocenters. The van der Waals surface area contributed by atoms with Crippen molar-refractivity contribution in [2.75, 3.05) is 0 Å². The first-order valence-corrected chi connectivity index (χ1v) is 12.6. The lowest BCUT2D eigenvalue weighted by Crippen LogP contribution is -2.04. The Hall–Kier alpha value is -3.20. The highest BCUT2D eigenvalue weighted by Crippen LogP contribution is 2.35. The van der Waals surface area contributed by atoms with E-state index in [0.717, 1.165) is 46.6 Å². The molecular formula is C31H37FN2. The van der Waals surface area contributed by atoms with Gasteiger partial charge in [0.25, 0.3) is 0 Å². The number of nitrogens with zero attached hydrogens (tertiary/aromatic N) is 2. The van der Waals surface area contributed by atoms with Crippen molar-refractivity contribution in [3.63, 3.8) is 0 Å². The van der Waals surface area contributed by atoms with E-state index in [1.54, 1.807) is 6.07 Å². The minimum Gasteiger partial charge on any atom is -0.299 e. The molecule has 0 N–H and O–H groups in total. The van der Waals surface area contributed by atoms with Crippen molar-refractivity contribution in [1.29, 1.82) is 0 Å². The molecule has 0 atom stereocenters. The largest absolute Gasteiger partial charge is 0.299 e. The molecule has 0 aliphatic carbocycles.